The summed E-state index contributed by atoms with van der Waals surface area (Å²) in [5, 5.41) is 26.5. The van der Waals surface area contributed by atoms with Gasteiger partial charge in [-0.3, -0.25) is 9.59 Å². The molecule has 2 amide bonds. The largest absolute Gasteiger partial charge is 0.342 e. The lowest BCUT2D eigenvalue weighted by molar-refractivity contribution is -0.113. The molecule has 1 aromatic carbocycles. The second-order valence-electron chi connectivity index (χ2n) is 11.9. The normalized spacial score (nSPS) is 15.7. The summed E-state index contributed by atoms with van der Waals surface area (Å²) >= 11 is 14.9. The van der Waals surface area contributed by atoms with Crippen molar-refractivity contribution in [2.75, 3.05) is 11.1 Å². The van der Waals surface area contributed by atoms with Gasteiger partial charge in [0.25, 0.3) is 5.91 Å². The van der Waals surface area contributed by atoms with Crippen molar-refractivity contribution in [3.05, 3.63) is 55.6 Å². The van der Waals surface area contributed by atoms with Gasteiger partial charge >= 0.3 is 0 Å². The van der Waals surface area contributed by atoms with Gasteiger partial charge < -0.3 is 15.2 Å². The summed E-state index contributed by atoms with van der Waals surface area (Å²) in [6.07, 6.45) is 2.84. The topological polar surface area (TPSA) is 113 Å². The fourth-order valence-electron chi connectivity index (χ4n) is 5.15. The molecule has 0 radical (unpaired) electrons. The zero-order chi connectivity index (χ0) is 30.8. The van der Waals surface area contributed by atoms with Crippen LogP contribution in [0.5, 0.6) is 0 Å². The minimum atomic E-state index is -0.421. The van der Waals surface area contributed by atoms with Crippen LogP contribution in [0.3, 0.4) is 0 Å². The molecule has 1 aliphatic carbocycles. The highest BCUT2D eigenvalue weighted by Crippen LogP contribution is 2.44. The SMILES string of the molecule is CCn1c(SCC(=O)Nc2sc3c(c2C#N)CC[C@H](C(C)(C)C)C3)nnc1[C@H](NC(=O)c1ccc(Cl)c(Cl)c1)C(C)C. The van der Waals surface area contributed by atoms with Crippen molar-refractivity contribution in [2.24, 2.45) is 17.3 Å². The molecule has 0 aliphatic heterocycles. The third-order valence-corrected chi connectivity index (χ3v) is 10.5. The predicted molar refractivity (Wildman–Crippen MR) is 171 cm³/mol. The lowest BCUT2D eigenvalue weighted by atomic mass is 9.72. The van der Waals surface area contributed by atoms with Crippen molar-refractivity contribution in [1.29, 1.82) is 5.26 Å². The molecule has 224 valence electrons. The van der Waals surface area contributed by atoms with E-state index in [2.05, 4.69) is 47.7 Å². The number of hydrogen-bond donors (Lipinski definition) is 2. The number of carbonyl (C=O) groups is 2. The Morgan fingerprint density at radius 3 is 2.60 bits per heavy atom. The Bertz CT molecular complexity index is 1520. The average Bonchev–Trinajstić information content (AvgIpc) is 3.50. The molecule has 2 N–H and O–H groups in total. The molecule has 0 fully saturated rings. The first kappa shape index (κ1) is 32.3. The van der Waals surface area contributed by atoms with Crippen molar-refractivity contribution in [3.8, 4) is 6.07 Å². The molecule has 0 spiro atoms. The van der Waals surface area contributed by atoms with Crippen LogP contribution in [0.25, 0.3) is 0 Å². The molecule has 2 aromatic heterocycles. The lowest BCUT2D eigenvalue weighted by Crippen LogP contribution is -2.33. The van der Waals surface area contributed by atoms with E-state index in [1.807, 2.05) is 25.3 Å². The average molecular weight is 648 g/mol. The van der Waals surface area contributed by atoms with E-state index in [0.29, 0.717) is 49.6 Å². The number of carbonyl (C=O) groups excluding carboxylic acids is 2. The van der Waals surface area contributed by atoms with Gasteiger partial charge in [0.2, 0.25) is 5.91 Å². The van der Waals surface area contributed by atoms with Crippen molar-refractivity contribution in [3.63, 3.8) is 0 Å². The Morgan fingerprint density at radius 1 is 1.24 bits per heavy atom. The molecule has 0 unspecified atom stereocenters. The summed E-state index contributed by atoms with van der Waals surface area (Å²) in [6.45, 7) is 13.3. The van der Waals surface area contributed by atoms with Crippen LogP contribution < -0.4 is 10.6 Å². The molecule has 0 saturated carbocycles. The zero-order valence-electron chi connectivity index (χ0n) is 24.7. The summed E-state index contributed by atoms with van der Waals surface area (Å²) in [7, 11) is 0. The van der Waals surface area contributed by atoms with Crippen LogP contribution >= 0.6 is 46.3 Å². The number of halogens is 2. The minimum Gasteiger partial charge on any atom is -0.342 e. The molecular weight excluding hydrogens is 611 g/mol. The van der Waals surface area contributed by atoms with Crippen molar-refractivity contribution >= 4 is 63.1 Å². The highest BCUT2D eigenvalue weighted by atomic mass is 35.5. The highest BCUT2D eigenvalue weighted by Gasteiger charge is 2.32. The van der Waals surface area contributed by atoms with Gasteiger partial charge in [-0.2, -0.15) is 5.26 Å². The van der Waals surface area contributed by atoms with Crippen LogP contribution in [-0.4, -0.2) is 32.3 Å². The number of nitriles is 1. The summed E-state index contributed by atoms with van der Waals surface area (Å²) < 4.78 is 1.91. The number of benzene rings is 1. The Morgan fingerprint density at radius 2 is 1.98 bits per heavy atom. The van der Waals surface area contributed by atoms with E-state index >= 15 is 0 Å². The van der Waals surface area contributed by atoms with E-state index in [1.54, 1.807) is 12.1 Å². The number of thioether (sulfide) groups is 1. The molecular formula is C30H36Cl2N6O2S2. The van der Waals surface area contributed by atoms with Crippen molar-refractivity contribution < 1.29 is 9.59 Å². The number of anilines is 1. The van der Waals surface area contributed by atoms with Gasteiger partial charge in [0.1, 0.15) is 11.1 Å². The Hall–Kier alpha value is -2.58. The number of fused-ring (bicyclic) bond motifs is 1. The Balaban J connectivity index is 1.45. The quantitative estimate of drug-likeness (QED) is 0.232. The highest BCUT2D eigenvalue weighted by molar-refractivity contribution is 7.99. The summed E-state index contributed by atoms with van der Waals surface area (Å²) in [5.41, 5.74) is 2.27. The van der Waals surface area contributed by atoms with Gasteiger partial charge in [0.05, 0.1) is 27.4 Å². The van der Waals surface area contributed by atoms with Gasteiger partial charge in [0, 0.05) is 17.0 Å². The summed E-state index contributed by atoms with van der Waals surface area (Å²) in [6, 6.07) is 6.65. The molecule has 2 heterocycles. The fraction of sp³-hybridized carbons (Fsp3) is 0.500. The van der Waals surface area contributed by atoms with Crippen LogP contribution in [0.15, 0.2) is 23.4 Å². The number of nitrogens with zero attached hydrogens (tertiary/aromatic N) is 4. The molecule has 3 aromatic rings. The molecule has 0 bridgehead atoms. The molecule has 1 aliphatic rings. The molecule has 8 nitrogen and oxygen atoms in total. The standard InChI is InChI=1S/C30H36Cl2N6O2S2/c1-7-38-26(25(16(2)3)35-27(40)17-8-11-21(31)22(32)12-17)36-37-29(38)41-15-24(39)34-28-20(14-33)19-10-9-18(30(4,5)6)13-23(19)42-28/h8,11-12,16,18,25H,7,9-10,13,15H2,1-6H3,(H,34,39)(H,35,40)/t18-,25+/m0/s1. The van der Waals surface area contributed by atoms with Crippen LogP contribution in [0, 0.1) is 28.6 Å². The summed E-state index contributed by atoms with van der Waals surface area (Å²) in [4.78, 5) is 27.3. The number of thiophene rings is 1. The number of aromatic nitrogens is 3. The van der Waals surface area contributed by atoms with E-state index in [4.69, 9.17) is 23.2 Å². The van der Waals surface area contributed by atoms with E-state index in [1.165, 1.54) is 34.0 Å². The second kappa shape index (κ2) is 13.4. The Labute approximate surface area is 265 Å². The second-order valence-corrected chi connectivity index (χ2v) is 14.7. The maximum atomic E-state index is 13.0. The van der Waals surface area contributed by atoms with Crippen LogP contribution in [0.4, 0.5) is 5.00 Å². The van der Waals surface area contributed by atoms with Gasteiger partial charge in [-0.15, -0.1) is 21.5 Å². The summed E-state index contributed by atoms with van der Waals surface area (Å²) in [5.74, 6) is 0.773. The maximum absolute atomic E-state index is 13.0. The first-order valence-corrected chi connectivity index (χ1v) is 16.6. The monoisotopic (exact) mass is 646 g/mol. The number of hydrogen-bond acceptors (Lipinski definition) is 7. The van der Waals surface area contributed by atoms with Gasteiger partial charge in [-0.1, -0.05) is 69.6 Å². The van der Waals surface area contributed by atoms with Crippen LogP contribution in [0.2, 0.25) is 10.0 Å². The maximum Gasteiger partial charge on any atom is 0.251 e. The van der Waals surface area contributed by atoms with Crippen LogP contribution in [0.1, 0.15) is 86.2 Å². The van der Waals surface area contributed by atoms with Crippen molar-refractivity contribution in [1.82, 2.24) is 20.1 Å². The van der Waals surface area contributed by atoms with E-state index < -0.39 is 6.04 Å². The molecule has 4 rings (SSSR count). The minimum absolute atomic E-state index is 0.0134. The molecule has 12 heteroatoms. The van der Waals surface area contributed by atoms with Crippen molar-refractivity contribution in [2.45, 2.75) is 78.5 Å². The zero-order valence-corrected chi connectivity index (χ0v) is 27.8. The van der Waals surface area contributed by atoms with E-state index in [-0.39, 0.29) is 28.9 Å². The molecule has 2 atom stereocenters. The van der Waals surface area contributed by atoms with Gasteiger partial charge in [-0.05, 0) is 67.2 Å². The van der Waals surface area contributed by atoms with Gasteiger partial charge in [-0.25, -0.2) is 0 Å². The lowest BCUT2D eigenvalue weighted by Gasteiger charge is -2.33. The third-order valence-electron chi connectivity index (χ3n) is 7.66. The number of rotatable bonds is 9. The smallest absolute Gasteiger partial charge is 0.251 e. The van der Waals surface area contributed by atoms with Gasteiger partial charge in [0.15, 0.2) is 11.0 Å². The number of nitrogens with one attached hydrogen (secondary N) is 2. The van der Waals surface area contributed by atoms with Crippen LogP contribution in [-0.2, 0) is 24.2 Å². The Kier molecular flexibility index (Phi) is 10.3. The predicted octanol–water partition coefficient (Wildman–Crippen LogP) is 7.55. The fourth-order valence-corrected chi connectivity index (χ4v) is 7.55. The van der Waals surface area contributed by atoms with E-state index in [9.17, 15) is 14.9 Å². The van der Waals surface area contributed by atoms with E-state index in [0.717, 1.165) is 24.8 Å². The molecule has 42 heavy (non-hydrogen) atoms. The third kappa shape index (κ3) is 7.13. The first-order valence-electron chi connectivity index (χ1n) is 14.0. The molecule has 0 saturated heterocycles. The number of amides is 2. The first-order chi connectivity index (χ1) is 19.8.